The summed E-state index contributed by atoms with van der Waals surface area (Å²) >= 11 is 3.61. The summed E-state index contributed by atoms with van der Waals surface area (Å²) in [4.78, 5) is 0. The van der Waals surface area contributed by atoms with Crippen molar-refractivity contribution in [1.82, 2.24) is 5.32 Å². The van der Waals surface area contributed by atoms with Gasteiger partial charge in [0.1, 0.15) is 0 Å². The van der Waals surface area contributed by atoms with Crippen LogP contribution in [-0.4, -0.2) is 6.54 Å². The first-order chi connectivity index (χ1) is 8.27. The second kappa shape index (κ2) is 6.36. The Balaban J connectivity index is 1.87. The van der Waals surface area contributed by atoms with Crippen molar-refractivity contribution in [1.29, 1.82) is 0 Å². The summed E-state index contributed by atoms with van der Waals surface area (Å²) in [6, 6.07) is 8.87. The standard InChI is InChI=1S/C15H20BrN/c1-12(14-9-5-6-10-15(14)16)17-11-13-7-3-2-4-8-13/h2-3,5-6,9-10,12-13,17H,4,7-8,11H2,1H3/t12-,13?/m1/s1. The Hall–Kier alpha value is -0.600. The maximum absolute atomic E-state index is 3.65. The van der Waals surface area contributed by atoms with Gasteiger partial charge in [-0.25, -0.2) is 0 Å². The van der Waals surface area contributed by atoms with Crippen molar-refractivity contribution in [2.45, 2.75) is 32.2 Å². The number of nitrogens with one attached hydrogen (secondary N) is 1. The fraction of sp³-hybridized carbons (Fsp3) is 0.467. The van der Waals surface area contributed by atoms with Crippen LogP contribution in [0.4, 0.5) is 0 Å². The highest BCUT2D eigenvalue weighted by molar-refractivity contribution is 9.10. The first-order valence-corrected chi connectivity index (χ1v) is 7.19. The summed E-state index contributed by atoms with van der Waals surface area (Å²) in [5, 5.41) is 3.65. The van der Waals surface area contributed by atoms with Gasteiger partial charge in [0, 0.05) is 10.5 Å². The van der Waals surface area contributed by atoms with Crippen molar-refractivity contribution >= 4 is 15.9 Å². The molecular weight excluding hydrogens is 274 g/mol. The maximum atomic E-state index is 3.65. The number of halogens is 1. The predicted octanol–water partition coefficient (Wildman–Crippen LogP) is 4.46. The Kier molecular flexibility index (Phi) is 4.81. The van der Waals surface area contributed by atoms with Gasteiger partial charge in [0.2, 0.25) is 0 Å². The van der Waals surface area contributed by atoms with E-state index >= 15 is 0 Å². The van der Waals surface area contributed by atoms with Gasteiger partial charge < -0.3 is 5.32 Å². The minimum absolute atomic E-state index is 0.413. The topological polar surface area (TPSA) is 12.0 Å². The Labute approximate surface area is 112 Å². The molecule has 0 heterocycles. The molecule has 1 aliphatic rings. The van der Waals surface area contributed by atoms with Crippen LogP contribution in [0.25, 0.3) is 0 Å². The number of hydrogen-bond acceptors (Lipinski definition) is 1. The molecule has 0 bridgehead atoms. The molecule has 0 saturated carbocycles. The Morgan fingerprint density at radius 1 is 1.35 bits per heavy atom. The van der Waals surface area contributed by atoms with Gasteiger partial charge in [0.25, 0.3) is 0 Å². The number of benzene rings is 1. The molecular formula is C15H20BrN. The van der Waals surface area contributed by atoms with E-state index < -0.39 is 0 Å². The van der Waals surface area contributed by atoms with E-state index in [9.17, 15) is 0 Å². The average Bonchev–Trinajstić information content (AvgIpc) is 2.38. The van der Waals surface area contributed by atoms with Crippen molar-refractivity contribution in [3.63, 3.8) is 0 Å². The number of rotatable bonds is 4. The van der Waals surface area contributed by atoms with Crippen LogP contribution in [0, 0.1) is 5.92 Å². The third-order valence-corrected chi connectivity index (χ3v) is 4.18. The van der Waals surface area contributed by atoms with Gasteiger partial charge in [0.15, 0.2) is 0 Å². The fourth-order valence-corrected chi connectivity index (χ4v) is 2.95. The molecule has 0 amide bonds. The maximum Gasteiger partial charge on any atom is 0.0303 e. The Morgan fingerprint density at radius 3 is 2.88 bits per heavy atom. The molecule has 2 heteroatoms. The van der Waals surface area contributed by atoms with Crippen LogP contribution >= 0.6 is 15.9 Å². The van der Waals surface area contributed by atoms with Crippen LogP contribution in [0.1, 0.15) is 37.8 Å². The highest BCUT2D eigenvalue weighted by atomic mass is 79.9. The van der Waals surface area contributed by atoms with Crippen LogP contribution in [-0.2, 0) is 0 Å². The number of hydrogen-bond donors (Lipinski definition) is 1. The minimum atomic E-state index is 0.413. The van der Waals surface area contributed by atoms with Crippen LogP contribution in [0.5, 0.6) is 0 Å². The zero-order valence-electron chi connectivity index (χ0n) is 10.3. The lowest BCUT2D eigenvalue weighted by atomic mass is 9.94. The molecule has 1 N–H and O–H groups in total. The first kappa shape index (κ1) is 12.8. The largest absolute Gasteiger partial charge is 0.310 e. The average molecular weight is 294 g/mol. The molecule has 92 valence electrons. The molecule has 0 saturated heterocycles. The van der Waals surface area contributed by atoms with E-state index in [-0.39, 0.29) is 0 Å². The smallest absolute Gasteiger partial charge is 0.0303 e. The molecule has 2 rings (SSSR count). The highest BCUT2D eigenvalue weighted by Crippen LogP contribution is 2.24. The lowest BCUT2D eigenvalue weighted by Crippen LogP contribution is -2.26. The van der Waals surface area contributed by atoms with Gasteiger partial charge in [-0.3, -0.25) is 0 Å². The summed E-state index contributed by atoms with van der Waals surface area (Å²) in [7, 11) is 0. The van der Waals surface area contributed by atoms with E-state index in [1.807, 2.05) is 0 Å². The van der Waals surface area contributed by atoms with Crippen LogP contribution < -0.4 is 5.32 Å². The summed E-state index contributed by atoms with van der Waals surface area (Å²) in [6.45, 7) is 3.35. The van der Waals surface area contributed by atoms with Crippen LogP contribution in [0.2, 0.25) is 0 Å². The van der Waals surface area contributed by atoms with E-state index in [0.717, 1.165) is 12.5 Å². The molecule has 0 aromatic heterocycles. The third-order valence-electron chi connectivity index (χ3n) is 3.46. The van der Waals surface area contributed by atoms with Gasteiger partial charge in [-0.15, -0.1) is 0 Å². The Bertz CT molecular complexity index is 386. The highest BCUT2D eigenvalue weighted by Gasteiger charge is 2.13. The second-order valence-corrected chi connectivity index (χ2v) is 5.66. The minimum Gasteiger partial charge on any atom is -0.310 e. The molecule has 0 aliphatic heterocycles. The van der Waals surface area contributed by atoms with Gasteiger partial charge in [-0.1, -0.05) is 46.3 Å². The second-order valence-electron chi connectivity index (χ2n) is 4.80. The predicted molar refractivity (Wildman–Crippen MR) is 77.0 cm³/mol. The van der Waals surface area contributed by atoms with E-state index in [1.165, 1.54) is 29.3 Å². The van der Waals surface area contributed by atoms with Gasteiger partial charge in [0.05, 0.1) is 0 Å². The monoisotopic (exact) mass is 293 g/mol. The van der Waals surface area contributed by atoms with Crippen LogP contribution in [0.15, 0.2) is 40.9 Å². The molecule has 2 atom stereocenters. The van der Waals surface area contributed by atoms with Gasteiger partial charge in [-0.05, 0) is 50.3 Å². The third kappa shape index (κ3) is 3.68. The molecule has 1 aromatic carbocycles. The molecule has 1 nitrogen and oxygen atoms in total. The molecule has 1 aliphatic carbocycles. The molecule has 1 aromatic rings. The Morgan fingerprint density at radius 2 is 2.18 bits per heavy atom. The zero-order chi connectivity index (χ0) is 12.1. The summed E-state index contributed by atoms with van der Waals surface area (Å²) in [5.41, 5.74) is 1.35. The summed E-state index contributed by atoms with van der Waals surface area (Å²) in [5.74, 6) is 0.810. The van der Waals surface area contributed by atoms with E-state index in [2.05, 4.69) is 64.6 Å². The SMILES string of the molecule is C[C@@H](NCC1CC=CCC1)c1ccccc1Br. The van der Waals surface area contributed by atoms with Gasteiger partial charge in [-0.2, -0.15) is 0 Å². The van der Waals surface area contributed by atoms with Crippen molar-refractivity contribution in [3.8, 4) is 0 Å². The summed E-state index contributed by atoms with van der Waals surface area (Å²) in [6.07, 6.45) is 8.42. The molecule has 17 heavy (non-hydrogen) atoms. The lowest BCUT2D eigenvalue weighted by Gasteiger charge is -2.22. The van der Waals surface area contributed by atoms with Crippen molar-refractivity contribution in [2.75, 3.05) is 6.54 Å². The first-order valence-electron chi connectivity index (χ1n) is 6.40. The normalized spacial score (nSPS) is 21.4. The van der Waals surface area contributed by atoms with Crippen molar-refractivity contribution in [2.24, 2.45) is 5.92 Å². The fourth-order valence-electron chi connectivity index (χ4n) is 2.32. The van der Waals surface area contributed by atoms with E-state index in [1.54, 1.807) is 0 Å². The molecule has 0 spiro atoms. The lowest BCUT2D eigenvalue weighted by molar-refractivity contribution is 0.415. The van der Waals surface area contributed by atoms with E-state index in [4.69, 9.17) is 0 Å². The molecule has 1 unspecified atom stereocenters. The summed E-state index contributed by atoms with van der Waals surface area (Å²) < 4.78 is 1.20. The number of allylic oxidation sites excluding steroid dienone is 2. The molecule has 0 fully saturated rings. The van der Waals surface area contributed by atoms with Crippen LogP contribution in [0.3, 0.4) is 0 Å². The quantitative estimate of drug-likeness (QED) is 0.809. The van der Waals surface area contributed by atoms with E-state index in [0.29, 0.717) is 6.04 Å². The van der Waals surface area contributed by atoms with Crippen molar-refractivity contribution in [3.05, 3.63) is 46.5 Å². The molecule has 0 radical (unpaired) electrons. The van der Waals surface area contributed by atoms with Crippen molar-refractivity contribution < 1.29 is 0 Å². The van der Waals surface area contributed by atoms with Gasteiger partial charge >= 0.3 is 0 Å². The zero-order valence-corrected chi connectivity index (χ0v) is 11.9.